The Morgan fingerprint density at radius 3 is 2.66 bits per heavy atom. The topological polar surface area (TPSA) is 138 Å². The van der Waals surface area contributed by atoms with Gasteiger partial charge in [0.2, 0.25) is 0 Å². The second kappa shape index (κ2) is 20.3. The molecule has 0 spiro atoms. The molecule has 5 N–H and O–H groups in total. The molecule has 0 saturated carbocycles. The molecule has 7 rings (SSSR count). The van der Waals surface area contributed by atoms with E-state index in [1.54, 1.807) is 26.2 Å². The minimum atomic E-state index is -0.520. The predicted molar refractivity (Wildman–Crippen MR) is 228 cm³/mol. The third kappa shape index (κ3) is 11.1. The molecular formula is C49H57NO8. The van der Waals surface area contributed by atoms with E-state index in [4.69, 9.17) is 14.2 Å². The predicted octanol–water partition coefficient (Wildman–Crippen LogP) is 8.82. The molecule has 9 nitrogen and oxygen atoms in total. The number of aromatic hydroxyl groups is 1. The number of aliphatic hydroxyl groups excluding tert-OH is 3. The molecule has 0 saturated heterocycles. The number of ether oxygens (including phenoxy) is 3. The summed E-state index contributed by atoms with van der Waals surface area (Å²) in [6.07, 6.45) is 13.8. The highest BCUT2D eigenvalue weighted by Crippen LogP contribution is 2.36. The lowest BCUT2D eigenvalue weighted by molar-refractivity contribution is -0.121. The third-order valence-corrected chi connectivity index (χ3v) is 11.3. The van der Waals surface area contributed by atoms with E-state index in [1.165, 1.54) is 5.56 Å². The number of Topliss-reactive ketones (excluding diaryl/α,β-unsaturated/α-hetero) is 1. The number of phenols is 1. The summed E-state index contributed by atoms with van der Waals surface area (Å²) in [6.45, 7) is 4.29. The number of aliphatic hydroxyl groups is 3. The fourth-order valence-corrected chi connectivity index (χ4v) is 8.07. The van der Waals surface area contributed by atoms with E-state index < -0.39 is 12.2 Å². The Hall–Kier alpha value is -5.43. The summed E-state index contributed by atoms with van der Waals surface area (Å²) in [5.74, 6) is 4.72. The Bertz CT molecular complexity index is 2180. The van der Waals surface area contributed by atoms with Crippen LogP contribution < -0.4 is 14.8 Å². The van der Waals surface area contributed by atoms with Crippen LogP contribution in [0.15, 0.2) is 84.7 Å². The SMILES string of the molecule is CCc1cc(O)c2c3cc(CO)c(cc13)COc1cc(ccc1OC)CCC(=O)C[C@H](C[C@H]1C=C(O)C=C[C@H]1CCCCc1cccc(NC[C@H](C)O)c1)OC#CC2. The Labute approximate surface area is 342 Å². The molecule has 9 heteroatoms. The van der Waals surface area contributed by atoms with E-state index in [0.717, 1.165) is 58.8 Å². The molecule has 306 valence electrons. The molecule has 2 aliphatic heterocycles. The van der Waals surface area contributed by atoms with Gasteiger partial charge < -0.3 is 40.0 Å². The van der Waals surface area contributed by atoms with Crippen molar-refractivity contribution in [2.24, 2.45) is 11.8 Å². The number of hydrogen-bond acceptors (Lipinski definition) is 9. The number of hydrogen-bond donors (Lipinski definition) is 5. The average molecular weight is 788 g/mol. The number of ketones is 1. The number of rotatable bonds is 13. The van der Waals surface area contributed by atoms with Gasteiger partial charge in [-0.25, -0.2) is 0 Å². The highest BCUT2D eigenvalue weighted by atomic mass is 16.5. The van der Waals surface area contributed by atoms with Gasteiger partial charge in [0.05, 0.1) is 19.8 Å². The van der Waals surface area contributed by atoms with E-state index in [2.05, 4.69) is 35.6 Å². The zero-order valence-corrected chi connectivity index (χ0v) is 33.9. The largest absolute Gasteiger partial charge is 0.508 e. The number of anilines is 1. The van der Waals surface area contributed by atoms with Gasteiger partial charge in [0, 0.05) is 37.1 Å². The molecule has 3 aliphatic rings. The lowest BCUT2D eigenvalue weighted by atomic mass is 9.80. The van der Waals surface area contributed by atoms with E-state index in [0.29, 0.717) is 54.9 Å². The maximum Gasteiger partial charge on any atom is 0.161 e. The van der Waals surface area contributed by atoms with Gasteiger partial charge in [-0.15, -0.1) is 0 Å². The summed E-state index contributed by atoms with van der Waals surface area (Å²) < 4.78 is 18.2. The molecule has 0 radical (unpaired) electrons. The fourth-order valence-electron chi connectivity index (χ4n) is 8.07. The van der Waals surface area contributed by atoms with Crippen LogP contribution >= 0.6 is 0 Å². The first-order valence-electron chi connectivity index (χ1n) is 20.6. The monoisotopic (exact) mass is 787 g/mol. The number of nitrogens with one attached hydrogen (secondary N) is 1. The summed E-state index contributed by atoms with van der Waals surface area (Å²) in [5.41, 5.74) is 6.29. The first-order chi connectivity index (χ1) is 28.1. The molecule has 4 atom stereocenters. The van der Waals surface area contributed by atoms with Gasteiger partial charge in [0.25, 0.3) is 0 Å². The maximum atomic E-state index is 13.6. The van der Waals surface area contributed by atoms with Crippen molar-refractivity contribution in [3.8, 4) is 29.3 Å². The quantitative estimate of drug-likeness (QED) is 0.0665. The van der Waals surface area contributed by atoms with Crippen molar-refractivity contribution in [3.63, 3.8) is 0 Å². The number of carbonyl (C=O) groups is 1. The molecule has 0 fully saturated rings. The van der Waals surface area contributed by atoms with Gasteiger partial charge in [0.15, 0.2) is 11.5 Å². The van der Waals surface area contributed by atoms with Gasteiger partial charge in [-0.1, -0.05) is 43.5 Å². The first kappa shape index (κ1) is 42.2. The molecule has 4 aromatic carbocycles. The standard InChI is InChI=1S/C49H57NO8/c1-4-35-27-47(55)44-13-8-20-57-43(24-37-23-41(53)18-16-36(37)11-6-5-9-33-10-7-12-40(21-33)50-29-32(2)52)28-42(54)17-14-34-15-19-48(56-3)49(22-34)58-31-39-26-45(35)46(44)25-38(39)30-51/h7,10,12,15-16,18-19,21-23,25-27,32,36-37,43,50-53,55H,4-6,9,11,13-14,17,24,28-31H2,1-3H3/t32-,36+,37+,43-/m0/s1. The minimum Gasteiger partial charge on any atom is -0.508 e. The summed E-state index contributed by atoms with van der Waals surface area (Å²) in [6, 6.07) is 19.7. The van der Waals surface area contributed by atoms with E-state index in [-0.39, 0.29) is 55.2 Å². The van der Waals surface area contributed by atoms with E-state index in [9.17, 15) is 25.2 Å². The van der Waals surface area contributed by atoms with Crippen LogP contribution in [-0.2, 0) is 48.4 Å². The summed E-state index contributed by atoms with van der Waals surface area (Å²) in [7, 11) is 1.59. The number of aryl methyl sites for hydroxylation is 3. The van der Waals surface area contributed by atoms with Crippen LogP contribution in [0.4, 0.5) is 5.69 Å². The number of fused-ring (bicyclic) bond motifs is 9. The molecule has 2 heterocycles. The molecule has 58 heavy (non-hydrogen) atoms. The van der Waals surface area contributed by atoms with Crippen LogP contribution in [0.3, 0.4) is 0 Å². The lowest BCUT2D eigenvalue weighted by Gasteiger charge is -2.28. The van der Waals surface area contributed by atoms with E-state index in [1.807, 2.05) is 55.5 Å². The van der Waals surface area contributed by atoms with Crippen LogP contribution in [0.1, 0.15) is 85.8 Å². The first-order valence-corrected chi connectivity index (χ1v) is 20.6. The maximum absolute atomic E-state index is 13.6. The average Bonchev–Trinajstić information content (AvgIpc) is 3.22. The van der Waals surface area contributed by atoms with Crippen molar-refractivity contribution >= 4 is 22.2 Å². The second-order valence-corrected chi connectivity index (χ2v) is 15.6. The number of phenolic OH excluding ortho intramolecular Hbond substituents is 1. The Balaban J connectivity index is 1.23. The molecule has 0 amide bonds. The van der Waals surface area contributed by atoms with Crippen LogP contribution in [0.5, 0.6) is 17.2 Å². The van der Waals surface area contributed by atoms with Gasteiger partial charge in [0.1, 0.15) is 36.1 Å². The summed E-state index contributed by atoms with van der Waals surface area (Å²) >= 11 is 0. The Morgan fingerprint density at radius 2 is 1.86 bits per heavy atom. The summed E-state index contributed by atoms with van der Waals surface area (Å²) in [5, 5.41) is 46.9. The number of benzene rings is 4. The molecule has 0 aromatic heterocycles. The van der Waals surface area contributed by atoms with Crippen molar-refractivity contribution in [2.45, 2.75) is 103 Å². The number of unbranched alkanes of at least 4 members (excludes halogenated alkanes) is 1. The van der Waals surface area contributed by atoms with Crippen molar-refractivity contribution < 1.29 is 39.4 Å². The Kier molecular flexibility index (Phi) is 14.8. The zero-order chi connectivity index (χ0) is 41.0. The highest BCUT2D eigenvalue weighted by Gasteiger charge is 2.27. The minimum absolute atomic E-state index is 0.0453. The van der Waals surface area contributed by atoms with Gasteiger partial charge in [-0.05, 0) is 150 Å². The zero-order valence-electron chi connectivity index (χ0n) is 33.9. The van der Waals surface area contributed by atoms with Gasteiger partial charge in [-0.2, -0.15) is 0 Å². The number of carbonyl (C=O) groups excluding carboxylic acids is 1. The van der Waals surface area contributed by atoms with Crippen molar-refractivity contribution in [1.82, 2.24) is 0 Å². The molecular weight excluding hydrogens is 731 g/mol. The van der Waals surface area contributed by atoms with E-state index >= 15 is 0 Å². The smallest absolute Gasteiger partial charge is 0.161 e. The molecule has 4 aromatic rings. The Morgan fingerprint density at radius 1 is 1.00 bits per heavy atom. The van der Waals surface area contributed by atoms with Crippen LogP contribution in [-0.4, -0.2) is 52.1 Å². The lowest BCUT2D eigenvalue weighted by Crippen LogP contribution is -2.24. The van der Waals surface area contributed by atoms with Crippen molar-refractivity contribution in [3.05, 3.63) is 118 Å². The van der Waals surface area contributed by atoms with Crippen LogP contribution in [0.2, 0.25) is 0 Å². The van der Waals surface area contributed by atoms with Gasteiger partial charge >= 0.3 is 0 Å². The van der Waals surface area contributed by atoms with Crippen LogP contribution in [0.25, 0.3) is 10.8 Å². The normalized spacial score (nSPS) is 18.9. The fraction of sp³-hybridized carbons (Fsp3) is 0.408. The van der Waals surface area contributed by atoms with Crippen molar-refractivity contribution in [2.75, 3.05) is 19.0 Å². The van der Waals surface area contributed by atoms with Crippen molar-refractivity contribution in [1.29, 1.82) is 0 Å². The third-order valence-electron chi connectivity index (χ3n) is 11.3. The molecule has 6 bridgehead atoms. The van der Waals surface area contributed by atoms with Crippen LogP contribution in [0, 0.1) is 23.9 Å². The summed E-state index contributed by atoms with van der Waals surface area (Å²) in [4.78, 5) is 13.6. The molecule has 0 unspecified atom stereocenters. The highest BCUT2D eigenvalue weighted by molar-refractivity contribution is 5.92. The van der Waals surface area contributed by atoms with Gasteiger partial charge in [-0.3, -0.25) is 4.79 Å². The number of methoxy groups -OCH3 is 1. The number of allylic oxidation sites excluding steroid dienone is 3. The molecule has 1 aliphatic carbocycles. The second-order valence-electron chi connectivity index (χ2n) is 15.6.